The van der Waals surface area contributed by atoms with Crippen LogP contribution in [0.3, 0.4) is 0 Å². The van der Waals surface area contributed by atoms with Gasteiger partial charge in [-0.3, -0.25) is 9.88 Å². The summed E-state index contributed by atoms with van der Waals surface area (Å²) in [5.41, 5.74) is 7.19. The van der Waals surface area contributed by atoms with E-state index >= 15 is 0 Å². The maximum Gasteiger partial charge on any atom is 0.417 e. The molecule has 0 aliphatic carbocycles. The molecule has 3 heterocycles. The van der Waals surface area contributed by atoms with E-state index in [4.69, 9.17) is 4.74 Å². The predicted octanol–water partition coefficient (Wildman–Crippen LogP) is 8.74. The van der Waals surface area contributed by atoms with Crippen LogP contribution in [0.5, 0.6) is 17.4 Å². The standard InChI is InChI=1S/C39H36F3N5O2/c1-26-20-32(13-16-36(26)49-38-17-14-33(22-44-38)39(40,41)42)31-11-9-29(10-12-31)21-28-5-7-30(8-6-28)23-47-19-18-43-37(47)25-46(3)24-34-35(48)15-4-27(2)45-34/h4-20,22,48H,21,23-25H2,1-3H3. The maximum absolute atomic E-state index is 12.8. The summed E-state index contributed by atoms with van der Waals surface area (Å²) in [6.45, 7) is 5.65. The summed E-state index contributed by atoms with van der Waals surface area (Å²) < 4.78 is 46.4. The molecule has 3 aromatic carbocycles. The van der Waals surface area contributed by atoms with E-state index in [0.717, 1.165) is 46.9 Å². The lowest BCUT2D eigenvalue weighted by atomic mass is 9.99. The van der Waals surface area contributed by atoms with E-state index in [-0.39, 0.29) is 11.6 Å². The zero-order valence-electron chi connectivity index (χ0n) is 27.4. The normalized spacial score (nSPS) is 11.7. The second-order valence-corrected chi connectivity index (χ2v) is 12.2. The smallest absolute Gasteiger partial charge is 0.417 e. The van der Waals surface area contributed by atoms with Gasteiger partial charge in [-0.25, -0.2) is 9.97 Å². The first-order chi connectivity index (χ1) is 23.5. The van der Waals surface area contributed by atoms with Gasteiger partial charge in [0, 0.05) is 43.4 Å². The molecule has 0 saturated carbocycles. The quantitative estimate of drug-likeness (QED) is 0.149. The van der Waals surface area contributed by atoms with Gasteiger partial charge in [0.1, 0.15) is 17.3 Å². The van der Waals surface area contributed by atoms with Crippen LogP contribution >= 0.6 is 0 Å². The molecule has 0 aliphatic rings. The van der Waals surface area contributed by atoms with Crippen LogP contribution in [0.4, 0.5) is 13.2 Å². The van der Waals surface area contributed by atoms with E-state index < -0.39 is 11.7 Å². The summed E-state index contributed by atoms with van der Waals surface area (Å²) >= 11 is 0. The van der Waals surface area contributed by atoms with Crippen LogP contribution in [0.15, 0.2) is 110 Å². The number of aromatic nitrogens is 4. The first-order valence-electron chi connectivity index (χ1n) is 15.8. The highest BCUT2D eigenvalue weighted by Crippen LogP contribution is 2.32. The van der Waals surface area contributed by atoms with Crippen molar-refractivity contribution in [2.45, 2.75) is 46.1 Å². The molecule has 49 heavy (non-hydrogen) atoms. The van der Waals surface area contributed by atoms with Gasteiger partial charge in [0.2, 0.25) is 5.88 Å². The molecule has 1 N–H and O–H groups in total. The molecule has 0 bridgehead atoms. The molecule has 3 aromatic heterocycles. The molecule has 0 fully saturated rings. The Morgan fingerprint density at radius 3 is 2.16 bits per heavy atom. The lowest BCUT2D eigenvalue weighted by Crippen LogP contribution is -2.21. The molecule has 7 nitrogen and oxygen atoms in total. The molecule has 6 aromatic rings. The number of rotatable bonds is 11. The van der Waals surface area contributed by atoms with E-state index in [1.807, 2.05) is 45.4 Å². The number of benzene rings is 3. The minimum Gasteiger partial charge on any atom is -0.506 e. The van der Waals surface area contributed by atoms with Gasteiger partial charge < -0.3 is 14.4 Å². The summed E-state index contributed by atoms with van der Waals surface area (Å²) in [5, 5.41) is 10.2. The van der Waals surface area contributed by atoms with E-state index in [9.17, 15) is 18.3 Å². The lowest BCUT2D eigenvalue weighted by molar-refractivity contribution is -0.137. The van der Waals surface area contributed by atoms with E-state index in [2.05, 4.69) is 72.9 Å². The van der Waals surface area contributed by atoms with Crippen LogP contribution < -0.4 is 4.74 Å². The zero-order valence-corrected chi connectivity index (χ0v) is 27.4. The minimum absolute atomic E-state index is 0.102. The Labute approximate surface area is 283 Å². The molecule has 0 spiro atoms. The van der Waals surface area contributed by atoms with Crippen molar-refractivity contribution in [2.24, 2.45) is 0 Å². The van der Waals surface area contributed by atoms with Crippen LogP contribution in [0.2, 0.25) is 0 Å². The molecule has 0 amide bonds. The van der Waals surface area contributed by atoms with Gasteiger partial charge in [0.25, 0.3) is 0 Å². The SMILES string of the molecule is Cc1ccc(O)c(CN(C)Cc2nccn2Cc2ccc(Cc3ccc(-c4ccc(Oc5ccc(C(F)(F)F)cn5)c(C)c4)cc3)cc2)n1. The maximum atomic E-state index is 12.8. The van der Waals surface area contributed by atoms with E-state index in [1.54, 1.807) is 18.2 Å². The largest absolute Gasteiger partial charge is 0.506 e. The van der Waals surface area contributed by atoms with Crippen molar-refractivity contribution in [1.82, 2.24) is 24.4 Å². The van der Waals surface area contributed by atoms with Crippen LogP contribution in [-0.2, 0) is 32.2 Å². The Balaban J connectivity index is 1.03. The monoisotopic (exact) mass is 663 g/mol. The summed E-state index contributed by atoms with van der Waals surface area (Å²) in [7, 11) is 1.99. The molecule has 6 rings (SSSR count). The number of pyridine rings is 2. The molecular formula is C39H36F3N5O2. The molecule has 0 aliphatic heterocycles. The molecule has 0 unspecified atom stereocenters. The van der Waals surface area contributed by atoms with Crippen molar-refractivity contribution in [2.75, 3.05) is 7.05 Å². The summed E-state index contributed by atoms with van der Waals surface area (Å²) in [6, 6.07) is 28.4. The number of hydrogen-bond donors (Lipinski definition) is 1. The molecule has 250 valence electrons. The van der Waals surface area contributed by atoms with Crippen molar-refractivity contribution in [3.05, 3.63) is 155 Å². The number of aryl methyl sites for hydroxylation is 2. The van der Waals surface area contributed by atoms with Crippen molar-refractivity contribution >= 4 is 0 Å². The molecule has 0 atom stereocenters. The van der Waals surface area contributed by atoms with E-state index in [0.29, 0.717) is 31.1 Å². The average Bonchev–Trinajstić information content (AvgIpc) is 3.50. The average molecular weight is 664 g/mol. The number of alkyl halides is 3. The van der Waals surface area contributed by atoms with Gasteiger partial charge in [-0.1, -0.05) is 54.6 Å². The Morgan fingerprint density at radius 2 is 1.49 bits per heavy atom. The second kappa shape index (κ2) is 14.3. The minimum atomic E-state index is -4.44. The fourth-order valence-electron chi connectivity index (χ4n) is 5.58. The third-order valence-corrected chi connectivity index (χ3v) is 8.25. The van der Waals surface area contributed by atoms with Gasteiger partial charge in [-0.05, 0) is 91.0 Å². The Kier molecular flexibility index (Phi) is 9.77. The number of aromatic hydroxyl groups is 1. The van der Waals surface area contributed by atoms with Gasteiger partial charge in [0.15, 0.2) is 0 Å². The summed E-state index contributed by atoms with van der Waals surface area (Å²) in [4.78, 5) is 14.9. The molecule has 0 radical (unpaired) electrons. The number of halogens is 3. The first-order valence-corrected chi connectivity index (χ1v) is 15.8. The predicted molar refractivity (Wildman–Crippen MR) is 182 cm³/mol. The van der Waals surface area contributed by atoms with Gasteiger partial charge >= 0.3 is 6.18 Å². The van der Waals surface area contributed by atoms with Crippen LogP contribution in [0.1, 0.15) is 45.0 Å². The van der Waals surface area contributed by atoms with Crippen LogP contribution in [0.25, 0.3) is 11.1 Å². The zero-order chi connectivity index (χ0) is 34.5. The number of hydrogen-bond acceptors (Lipinski definition) is 6. The van der Waals surface area contributed by atoms with Crippen molar-refractivity contribution in [3.8, 4) is 28.5 Å². The molecular weight excluding hydrogens is 627 g/mol. The van der Waals surface area contributed by atoms with Gasteiger partial charge in [0.05, 0.1) is 17.8 Å². The van der Waals surface area contributed by atoms with Crippen molar-refractivity contribution < 1.29 is 23.0 Å². The van der Waals surface area contributed by atoms with Crippen LogP contribution in [-0.4, -0.2) is 36.6 Å². The lowest BCUT2D eigenvalue weighted by Gasteiger charge is -2.18. The van der Waals surface area contributed by atoms with Gasteiger partial charge in [-0.15, -0.1) is 0 Å². The van der Waals surface area contributed by atoms with Crippen LogP contribution in [0, 0.1) is 13.8 Å². The Morgan fingerprint density at radius 1 is 0.796 bits per heavy atom. The Bertz CT molecular complexity index is 2020. The highest BCUT2D eigenvalue weighted by atomic mass is 19.4. The fraction of sp³-hybridized carbons (Fsp3) is 0.205. The third-order valence-electron chi connectivity index (χ3n) is 8.25. The number of ether oxygens (including phenoxy) is 1. The molecule has 10 heteroatoms. The third kappa shape index (κ3) is 8.52. The van der Waals surface area contributed by atoms with Gasteiger partial charge in [-0.2, -0.15) is 13.2 Å². The highest BCUT2D eigenvalue weighted by molar-refractivity contribution is 5.66. The fourth-order valence-corrected chi connectivity index (χ4v) is 5.58. The van der Waals surface area contributed by atoms with Crippen molar-refractivity contribution in [3.63, 3.8) is 0 Å². The van der Waals surface area contributed by atoms with Crippen molar-refractivity contribution in [1.29, 1.82) is 0 Å². The summed E-state index contributed by atoms with van der Waals surface area (Å²) in [6.07, 6.45) is 0.928. The van der Waals surface area contributed by atoms with E-state index in [1.165, 1.54) is 22.8 Å². The Hall–Kier alpha value is -5.48. The topological polar surface area (TPSA) is 76.3 Å². The summed E-state index contributed by atoms with van der Waals surface area (Å²) in [5.74, 6) is 1.77. The number of nitrogens with zero attached hydrogens (tertiary/aromatic N) is 5. The number of imidazole rings is 1. The molecule has 0 saturated heterocycles. The highest BCUT2D eigenvalue weighted by Gasteiger charge is 2.30. The second-order valence-electron chi connectivity index (χ2n) is 12.2. The first kappa shape index (κ1) is 33.4.